The number of carboxylic acids is 2. The van der Waals surface area contributed by atoms with Crippen molar-refractivity contribution in [2.75, 3.05) is 6.61 Å². The normalized spacial score (nSPS) is 15.3. The molecule has 0 aromatic heterocycles. The maximum atomic E-state index is 12.6. The predicted octanol–water partition coefficient (Wildman–Crippen LogP) is -2.98. The first-order valence-electron chi connectivity index (χ1n) is 10.3. The molecular weight excluding hydrogens is 442 g/mol. The molecule has 0 radical (unpaired) electrons. The molecule has 0 aliphatic rings. The van der Waals surface area contributed by atoms with Crippen LogP contribution in [0.15, 0.2) is 0 Å². The van der Waals surface area contributed by atoms with Crippen LogP contribution < -0.4 is 27.4 Å². The largest absolute Gasteiger partial charge is 0.481 e. The van der Waals surface area contributed by atoms with Gasteiger partial charge in [-0.1, -0.05) is 20.3 Å². The highest BCUT2D eigenvalue weighted by molar-refractivity contribution is 5.94. The lowest BCUT2D eigenvalue weighted by molar-refractivity contribution is -0.143. The van der Waals surface area contributed by atoms with Crippen molar-refractivity contribution in [3.63, 3.8) is 0 Å². The first-order valence-corrected chi connectivity index (χ1v) is 10.3. The summed E-state index contributed by atoms with van der Waals surface area (Å²) < 4.78 is 0. The second-order valence-electron chi connectivity index (χ2n) is 7.55. The van der Waals surface area contributed by atoms with E-state index in [2.05, 4.69) is 16.0 Å². The number of hydrogen-bond donors (Lipinski definition) is 8. The van der Waals surface area contributed by atoms with Crippen LogP contribution in [0.4, 0.5) is 0 Å². The molecule has 0 saturated heterocycles. The van der Waals surface area contributed by atoms with Gasteiger partial charge in [0.15, 0.2) is 0 Å². The fourth-order valence-corrected chi connectivity index (χ4v) is 2.60. The number of carbonyl (C=O) groups is 6. The van der Waals surface area contributed by atoms with Crippen LogP contribution in [0.2, 0.25) is 0 Å². The van der Waals surface area contributed by atoms with E-state index in [0.717, 1.165) is 0 Å². The smallest absolute Gasteiger partial charge is 0.326 e. The monoisotopic (exact) mass is 475 g/mol. The first kappa shape index (κ1) is 29.7. The Morgan fingerprint density at radius 3 is 1.76 bits per heavy atom. The Morgan fingerprint density at radius 2 is 1.30 bits per heavy atom. The molecule has 0 bridgehead atoms. The number of aliphatic hydroxyl groups excluding tert-OH is 1. The summed E-state index contributed by atoms with van der Waals surface area (Å²) >= 11 is 0. The zero-order chi connectivity index (χ0) is 25.7. The van der Waals surface area contributed by atoms with Crippen molar-refractivity contribution in [3.8, 4) is 0 Å². The van der Waals surface area contributed by atoms with Gasteiger partial charge in [0, 0.05) is 12.8 Å². The highest BCUT2D eigenvalue weighted by Gasteiger charge is 2.31. The number of hydrogen-bond acceptors (Lipinski definition) is 8. The highest BCUT2D eigenvalue weighted by atomic mass is 16.4. The third kappa shape index (κ3) is 11.2. The summed E-state index contributed by atoms with van der Waals surface area (Å²) in [6.07, 6.45) is -0.869. The van der Waals surface area contributed by atoms with Gasteiger partial charge in [0.25, 0.3) is 0 Å². The average Bonchev–Trinajstić information content (AvgIpc) is 2.75. The molecular formula is C19H33N5O9. The Labute approximate surface area is 190 Å². The van der Waals surface area contributed by atoms with Crippen LogP contribution in [0.25, 0.3) is 0 Å². The molecule has 0 heterocycles. The molecule has 0 spiro atoms. The number of aliphatic carboxylic acids is 2. The van der Waals surface area contributed by atoms with Crippen LogP contribution >= 0.6 is 0 Å². The molecule has 5 atom stereocenters. The Kier molecular flexibility index (Phi) is 13.3. The summed E-state index contributed by atoms with van der Waals surface area (Å²) in [5, 5.41) is 34.1. The fraction of sp³-hybridized carbons (Fsp3) is 0.684. The molecule has 188 valence electrons. The maximum absolute atomic E-state index is 12.6. The molecule has 0 fully saturated rings. The minimum absolute atomic E-state index is 0.225. The van der Waals surface area contributed by atoms with Crippen molar-refractivity contribution in [1.29, 1.82) is 0 Å². The molecule has 10 N–H and O–H groups in total. The molecule has 0 aliphatic heterocycles. The van der Waals surface area contributed by atoms with Crippen molar-refractivity contribution in [3.05, 3.63) is 0 Å². The average molecular weight is 475 g/mol. The number of primary amides is 1. The van der Waals surface area contributed by atoms with E-state index in [0.29, 0.717) is 6.42 Å². The summed E-state index contributed by atoms with van der Waals surface area (Å²) in [7, 11) is 0. The van der Waals surface area contributed by atoms with E-state index in [9.17, 15) is 33.9 Å². The van der Waals surface area contributed by atoms with Crippen LogP contribution in [-0.2, 0) is 28.8 Å². The lowest BCUT2D eigenvalue weighted by Crippen LogP contribution is -2.58. The molecule has 14 heteroatoms. The number of nitrogens with two attached hydrogens (primary N) is 2. The lowest BCUT2D eigenvalue weighted by Gasteiger charge is -2.25. The maximum Gasteiger partial charge on any atom is 0.326 e. The summed E-state index contributed by atoms with van der Waals surface area (Å²) in [5.41, 5.74) is 10.8. The van der Waals surface area contributed by atoms with E-state index in [4.69, 9.17) is 21.7 Å². The summed E-state index contributed by atoms with van der Waals surface area (Å²) in [4.78, 5) is 70.4. The molecule has 33 heavy (non-hydrogen) atoms. The molecule has 0 saturated carbocycles. The minimum Gasteiger partial charge on any atom is -0.481 e. The van der Waals surface area contributed by atoms with Crippen molar-refractivity contribution >= 4 is 35.6 Å². The summed E-state index contributed by atoms with van der Waals surface area (Å²) in [6, 6.07) is -5.46. The third-order valence-electron chi connectivity index (χ3n) is 4.95. The standard InChI is InChI=1S/C19H33N5O9/c1-3-9(2)15(21)18(31)22-10(5-7-14(27)28)16(29)24-12(8-25)17(30)23-11(19(32)33)4-6-13(20)26/h9-12,15,25H,3-8,21H2,1-2H3,(H2,20,26)(H,22,31)(H,23,30)(H,24,29)(H,27,28)(H,32,33). The Hall–Kier alpha value is -3.26. The van der Waals surface area contributed by atoms with Gasteiger partial charge >= 0.3 is 11.9 Å². The van der Waals surface area contributed by atoms with E-state index < -0.39 is 72.8 Å². The van der Waals surface area contributed by atoms with Crippen molar-refractivity contribution in [1.82, 2.24) is 16.0 Å². The van der Waals surface area contributed by atoms with Gasteiger partial charge in [0.05, 0.1) is 12.6 Å². The third-order valence-corrected chi connectivity index (χ3v) is 4.95. The topological polar surface area (TPSA) is 251 Å². The van der Waals surface area contributed by atoms with Gasteiger partial charge in [0.2, 0.25) is 23.6 Å². The number of carbonyl (C=O) groups excluding carboxylic acids is 4. The van der Waals surface area contributed by atoms with Crippen LogP contribution in [0.3, 0.4) is 0 Å². The van der Waals surface area contributed by atoms with Gasteiger partial charge in [-0.3, -0.25) is 24.0 Å². The van der Waals surface area contributed by atoms with E-state index in [1.54, 1.807) is 6.92 Å². The zero-order valence-corrected chi connectivity index (χ0v) is 18.6. The van der Waals surface area contributed by atoms with Gasteiger partial charge in [-0.2, -0.15) is 0 Å². The molecule has 4 amide bonds. The molecule has 14 nitrogen and oxygen atoms in total. The van der Waals surface area contributed by atoms with Crippen LogP contribution in [0.5, 0.6) is 0 Å². The molecule has 0 rings (SSSR count). The van der Waals surface area contributed by atoms with Crippen molar-refractivity contribution in [2.45, 2.75) is 70.1 Å². The van der Waals surface area contributed by atoms with Gasteiger partial charge in [-0.15, -0.1) is 0 Å². The molecule has 0 aliphatic carbocycles. The Balaban J connectivity index is 5.34. The van der Waals surface area contributed by atoms with Crippen LogP contribution in [0.1, 0.15) is 46.0 Å². The van der Waals surface area contributed by atoms with Crippen molar-refractivity contribution < 1.29 is 44.1 Å². The lowest BCUT2D eigenvalue weighted by atomic mass is 9.98. The second-order valence-corrected chi connectivity index (χ2v) is 7.55. The highest BCUT2D eigenvalue weighted by Crippen LogP contribution is 2.07. The van der Waals surface area contributed by atoms with Gasteiger partial charge in [-0.25, -0.2) is 4.79 Å². The number of rotatable bonds is 16. The number of nitrogens with one attached hydrogen (secondary N) is 3. The molecule has 0 aromatic rings. The van der Waals surface area contributed by atoms with E-state index in [1.165, 1.54) is 0 Å². The second kappa shape index (κ2) is 14.7. The Morgan fingerprint density at radius 1 is 0.818 bits per heavy atom. The number of aliphatic hydroxyl groups is 1. The van der Waals surface area contributed by atoms with Crippen molar-refractivity contribution in [2.24, 2.45) is 17.4 Å². The number of amides is 4. The minimum atomic E-state index is -1.61. The predicted molar refractivity (Wildman–Crippen MR) is 113 cm³/mol. The molecule has 5 unspecified atom stereocenters. The van der Waals surface area contributed by atoms with Gasteiger partial charge in [-0.05, 0) is 18.8 Å². The summed E-state index contributed by atoms with van der Waals surface area (Å²) in [5.74, 6) is -6.44. The van der Waals surface area contributed by atoms with Crippen LogP contribution in [-0.4, -0.2) is 81.7 Å². The first-order chi connectivity index (χ1) is 15.3. The summed E-state index contributed by atoms with van der Waals surface area (Å²) in [6.45, 7) is 2.61. The van der Waals surface area contributed by atoms with E-state index in [-0.39, 0.29) is 25.2 Å². The van der Waals surface area contributed by atoms with E-state index >= 15 is 0 Å². The zero-order valence-electron chi connectivity index (χ0n) is 18.6. The Bertz CT molecular complexity index is 730. The quantitative estimate of drug-likeness (QED) is 0.112. The van der Waals surface area contributed by atoms with Gasteiger partial charge < -0.3 is 42.7 Å². The fourth-order valence-electron chi connectivity index (χ4n) is 2.60. The SMILES string of the molecule is CCC(C)C(N)C(=O)NC(CCC(=O)O)C(=O)NC(CO)C(=O)NC(CCC(N)=O)C(=O)O. The number of carboxylic acid groups (broad SMARTS) is 2. The van der Waals surface area contributed by atoms with Gasteiger partial charge in [0.1, 0.15) is 18.1 Å². The molecule has 0 aromatic carbocycles. The van der Waals surface area contributed by atoms with E-state index in [1.807, 2.05) is 6.92 Å². The van der Waals surface area contributed by atoms with Crippen LogP contribution in [0, 0.1) is 5.92 Å².